The van der Waals surface area contributed by atoms with Crippen LogP contribution < -0.4 is 37.6 Å². The second kappa shape index (κ2) is 10.1. The van der Waals surface area contributed by atoms with E-state index in [1.165, 1.54) is 21.5 Å². The molecule has 0 N–H and O–H groups in total. The maximum absolute atomic E-state index is 5.55. The summed E-state index contributed by atoms with van der Waals surface area (Å²) >= 11 is 0. The van der Waals surface area contributed by atoms with Gasteiger partial charge >= 0.3 is 0 Å². The third-order valence-electron chi connectivity index (χ3n) is 5.65. The first kappa shape index (κ1) is 22.3. The van der Waals surface area contributed by atoms with Gasteiger partial charge in [-0.25, -0.2) is 0 Å². The molecule has 0 amide bonds. The molecule has 0 aromatic heterocycles. The van der Waals surface area contributed by atoms with Gasteiger partial charge in [-0.05, 0) is 61.0 Å². The zero-order valence-electron chi connectivity index (χ0n) is 17.3. The maximum atomic E-state index is 5.55. The Morgan fingerprint density at radius 1 is 0.600 bits per heavy atom. The van der Waals surface area contributed by atoms with Crippen molar-refractivity contribution >= 4 is 23.2 Å². The molecular formula is C27H26BrOP. The fraction of sp³-hybridized carbons (Fsp3) is 0.111. The smallest absolute Gasteiger partial charge is 0.119 e. The van der Waals surface area contributed by atoms with Gasteiger partial charge in [-0.3, -0.25) is 0 Å². The Labute approximate surface area is 190 Å². The Balaban J connectivity index is 0.00000256. The van der Waals surface area contributed by atoms with Gasteiger partial charge in [0.15, 0.2) is 0 Å². The summed E-state index contributed by atoms with van der Waals surface area (Å²) in [6, 6.07) is 41.6. The predicted molar refractivity (Wildman–Crippen MR) is 127 cm³/mol. The van der Waals surface area contributed by atoms with Crippen LogP contribution in [0.2, 0.25) is 0 Å². The van der Waals surface area contributed by atoms with Crippen LogP contribution in [0.1, 0.15) is 18.1 Å². The average molecular weight is 477 g/mol. The summed E-state index contributed by atoms with van der Waals surface area (Å²) in [5.41, 5.74) is 1.60. The topological polar surface area (TPSA) is 9.23 Å². The standard InChI is InChI=1S/C27H26OP.BrH/c1-22(23-13-12-14-24(21-23)28-2)29(25-15-6-3-7-16-25,26-17-8-4-9-18-26)27-19-10-5-11-20-27;/h3-22H,1-2H3;1H/q+1;/p-1. The van der Waals surface area contributed by atoms with E-state index in [0.29, 0.717) is 5.66 Å². The quantitative estimate of drug-likeness (QED) is 0.389. The zero-order chi connectivity index (χ0) is 20.1. The van der Waals surface area contributed by atoms with Crippen LogP contribution in [-0.2, 0) is 0 Å². The summed E-state index contributed by atoms with van der Waals surface area (Å²) in [5.74, 6) is 0.904. The Hall–Kier alpha value is -2.41. The number of halogens is 1. The molecule has 30 heavy (non-hydrogen) atoms. The molecule has 0 spiro atoms. The molecule has 4 aromatic rings. The van der Waals surface area contributed by atoms with E-state index >= 15 is 0 Å². The van der Waals surface area contributed by atoms with E-state index in [1.807, 2.05) is 6.07 Å². The van der Waals surface area contributed by atoms with Gasteiger partial charge in [0.25, 0.3) is 0 Å². The molecule has 0 bridgehead atoms. The molecule has 152 valence electrons. The molecule has 0 aliphatic heterocycles. The van der Waals surface area contributed by atoms with Crippen molar-refractivity contribution in [1.29, 1.82) is 0 Å². The average Bonchev–Trinajstić information content (AvgIpc) is 2.82. The van der Waals surface area contributed by atoms with Crippen molar-refractivity contribution in [3.63, 3.8) is 0 Å². The van der Waals surface area contributed by atoms with Gasteiger partial charge in [0.1, 0.15) is 34.6 Å². The van der Waals surface area contributed by atoms with Crippen molar-refractivity contribution in [2.24, 2.45) is 0 Å². The van der Waals surface area contributed by atoms with Gasteiger partial charge in [0, 0.05) is 0 Å². The summed E-state index contributed by atoms with van der Waals surface area (Å²) in [5, 5.41) is 4.19. The number of hydrogen-bond donors (Lipinski definition) is 0. The van der Waals surface area contributed by atoms with Crippen molar-refractivity contribution in [3.8, 4) is 5.75 Å². The van der Waals surface area contributed by atoms with Crippen LogP contribution in [0.15, 0.2) is 115 Å². The van der Waals surface area contributed by atoms with Gasteiger partial charge in [-0.15, -0.1) is 0 Å². The molecule has 0 heterocycles. The molecular weight excluding hydrogens is 451 g/mol. The Morgan fingerprint density at radius 3 is 1.43 bits per heavy atom. The van der Waals surface area contributed by atoms with Crippen LogP contribution in [0.3, 0.4) is 0 Å². The molecule has 1 nitrogen and oxygen atoms in total. The van der Waals surface area contributed by atoms with Crippen LogP contribution in [-0.4, -0.2) is 7.11 Å². The second-order valence-electron chi connectivity index (χ2n) is 7.18. The SMILES string of the molecule is COc1cccc(C(C)[P+](c2ccccc2)(c2ccccc2)c2ccccc2)c1.[Br-]. The van der Waals surface area contributed by atoms with Crippen molar-refractivity contribution in [1.82, 2.24) is 0 Å². The monoisotopic (exact) mass is 476 g/mol. The number of hydrogen-bond acceptors (Lipinski definition) is 1. The summed E-state index contributed by atoms with van der Waals surface area (Å²) < 4.78 is 5.55. The van der Waals surface area contributed by atoms with E-state index < -0.39 is 7.26 Å². The van der Waals surface area contributed by atoms with Crippen LogP contribution >= 0.6 is 7.26 Å². The molecule has 0 aliphatic carbocycles. The van der Waals surface area contributed by atoms with Crippen molar-refractivity contribution in [3.05, 3.63) is 121 Å². The van der Waals surface area contributed by atoms with Crippen LogP contribution in [0.4, 0.5) is 0 Å². The third-order valence-corrected chi connectivity index (χ3v) is 10.4. The maximum Gasteiger partial charge on any atom is 0.119 e. The van der Waals surface area contributed by atoms with Crippen LogP contribution in [0, 0.1) is 0 Å². The van der Waals surface area contributed by atoms with Crippen LogP contribution in [0.25, 0.3) is 0 Å². The number of benzene rings is 4. The zero-order valence-corrected chi connectivity index (χ0v) is 19.8. The third kappa shape index (κ3) is 4.08. The van der Waals surface area contributed by atoms with Crippen molar-refractivity contribution in [2.75, 3.05) is 7.11 Å². The largest absolute Gasteiger partial charge is 1.00 e. The van der Waals surface area contributed by atoms with Gasteiger partial charge in [-0.1, -0.05) is 66.7 Å². The van der Waals surface area contributed by atoms with E-state index in [0.717, 1.165) is 5.75 Å². The Kier molecular flexibility index (Phi) is 7.48. The molecule has 3 heteroatoms. The first-order valence-electron chi connectivity index (χ1n) is 9.96. The molecule has 1 unspecified atom stereocenters. The van der Waals surface area contributed by atoms with Gasteiger partial charge in [0.05, 0.1) is 7.11 Å². The van der Waals surface area contributed by atoms with Gasteiger partial charge < -0.3 is 21.7 Å². The minimum atomic E-state index is -1.95. The number of methoxy groups -OCH3 is 1. The molecule has 0 aliphatic rings. The minimum absolute atomic E-state index is 0. The highest BCUT2D eigenvalue weighted by Gasteiger charge is 2.50. The normalized spacial score (nSPS) is 11.9. The van der Waals surface area contributed by atoms with Gasteiger partial charge in [-0.2, -0.15) is 0 Å². The van der Waals surface area contributed by atoms with E-state index in [4.69, 9.17) is 4.74 Å². The lowest BCUT2D eigenvalue weighted by molar-refractivity contribution is -0.00000598. The fourth-order valence-electron chi connectivity index (χ4n) is 4.23. The van der Waals surface area contributed by atoms with Crippen molar-refractivity contribution < 1.29 is 21.7 Å². The lowest BCUT2D eigenvalue weighted by atomic mass is 10.1. The highest BCUT2D eigenvalue weighted by molar-refractivity contribution is 7.95. The molecule has 4 rings (SSSR count). The van der Waals surface area contributed by atoms with Crippen molar-refractivity contribution in [2.45, 2.75) is 12.6 Å². The van der Waals surface area contributed by atoms with E-state index in [9.17, 15) is 0 Å². The lowest BCUT2D eigenvalue weighted by Crippen LogP contribution is -3.00. The predicted octanol–water partition coefficient (Wildman–Crippen LogP) is 2.75. The summed E-state index contributed by atoms with van der Waals surface area (Å²) in [7, 11) is -0.218. The second-order valence-corrected chi connectivity index (χ2v) is 11.0. The highest BCUT2D eigenvalue weighted by atomic mass is 79.9. The molecule has 4 aromatic carbocycles. The molecule has 0 fully saturated rings. The molecule has 0 radical (unpaired) electrons. The van der Waals surface area contributed by atoms with E-state index in [1.54, 1.807) is 7.11 Å². The number of rotatable bonds is 6. The summed E-state index contributed by atoms with van der Waals surface area (Å²) in [4.78, 5) is 0. The summed E-state index contributed by atoms with van der Waals surface area (Å²) in [6.45, 7) is 2.37. The molecule has 0 saturated heterocycles. The Bertz CT molecular complexity index is 955. The lowest BCUT2D eigenvalue weighted by Gasteiger charge is -2.33. The van der Waals surface area contributed by atoms with E-state index in [2.05, 4.69) is 116 Å². The number of ether oxygens (including phenoxy) is 1. The first-order chi connectivity index (χ1) is 14.3. The van der Waals surface area contributed by atoms with E-state index in [-0.39, 0.29) is 17.0 Å². The fourth-order valence-corrected chi connectivity index (χ4v) is 9.00. The highest BCUT2D eigenvalue weighted by Crippen LogP contribution is 2.66. The van der Waals surface area contributed by atoms with Crippen LogP contribution in [0.5, 0.6) is 5.75 Å². The molecule has 1 atom stereocenters. The molecule has 0 saturated carbocycles. The first-order valence-corrected chi connectivity index (χ1v) is 11.8. The minimum Gasteiger partial charge on any atom is -1.00 e. The summed E-state index contributed by atoms with van der Waals surface area (Å²) in [6.07, 6.45) is 0. The van der Waals surface area contributed by atoms with Gasteiger partial charge in [0.2, 0.25) is 0 Å². The Morgan fingerprint density at radius 2 is 1.03 bits per heavy atom.